The highest BCUT2D eigenvalue weighted by molar-refractivity contribution is 7.92. The topological polar surface area (TPSA) is 87.2 Å². The fourth-order valence-corrected chi connectivity index (χ4v) is 8.84. The molecule has 0 spiro atoms. The molecular weight excluding hydrogens is 659 g/mol. The molecule has 1 atom stereocenters. The summed E-state index contributed by atoms with van der Waals surface area (Å²) < 4.78 is 132. The van der Waals surface area contributed by atoms with Gasteiger partial charge in [-0.15, -0.1) is 0 Å². The van der Waals surface area contributed by atoms with Crippen LogP contribution < -0.4 is 0 Å². The number of likely N-dealkylation sites (tertiary alicyclic amines) is 1. The maximum Gasteiger partial charge on any atom is 0.430 e. The van der Waals surface area contributed by atoms with Crippen LogP contribution in [-0.4, -0.2) is 92.8 Å². The van der Waals surface area contributed by atoms with Crippen molar-refractivity contribution in [3.05, 3.63) is 65.5 Å². The predicted molar refractivity (Wildman–Crippen MR) is 154 cm³/mol. The fraction of sp³-hybridized carbons (Fsp3) is 0.548. The highest BCUT2D eigenvalue weighted by Gasteiger charge is 2.74. The summed E-state index contributed by atoms with van der Waals surface area (Å²) in [6.45, 7) is 1.70. The zero-order valence-electron chi connectivity index (χ0n) is 25.4. The van der Waals surface area contributed by atoms with Crippen molar-refractivity contribution < 1.29 is 53.5 Å². The number of alkyl halides is 6. The molecule has 2 saturated heterocycles. The van der Waals surface area contributed by atoms with Gasteiger partial charge in [0.15, 0.2) is 9.84 Å². The molecule has 47 heavy (non-hydrogen) atoms. The van der Waals surface area contributed by atoms with E-state index in [-0.39, 0.29) is 68.4 Å². The lowest BCUT2D eigenvalue weighted by molar-refractivity contribution is -0.398. The Morgan fingerprint density at radius 1 is 0.787 bits per heavy atom. The number of carbonyl (C=O) groups excluding carboxylic acids is 2. The summed E-state index contributed by atoms with van der Waals surface area (Å²) >= 11 is 0. The fourth-order valence-electron chi connectivity index (χ4n) is 6.76. The Hall–Kier alpha value is -3.40. The van der Waals surface area contributed by atoms with Crippen molar-refractivity contribution in [1.82, 2.24) is 14.7 Å². The number of benzene rings is 2. The number of hydrogen-bond acceptors (Lipinski definition) is 5. The van der Waals surface area contributed by atoms with Crippen molar-refractivity contribution in [2.24, 2.45) is 0 Å². The van der Waals surface area contributed by atoms with E-state index in [1.165, 1.54) is 16.7 Å². The summed E-state index contributed by atoms with van der Waals surface area (Å²) in [5, 5.41) is 0. The van der Waals surface area contributed by atoms with Crippen LogP contribution in [0.25, 0.3) is 0 Å². The minimum absolute atomic E-state index is 0.0265. The minimum atomic E-state index is -5.91. The van der Waals surface area contributed by atoms with E-state index in [2.05, 4.69) is 0 Å². The molecule has 1 saturated carbocycles. The Bertz CT molecular complexity index is 1550. The Kier molecular flexibility index (Phi) is 9.34. The third kappa shape index (κ3) is 6.18. The van der Waals surface area contributed by atoms with Gasteiger partial charge in [0.1, 0.15) is 10.6 Å². The lowest BCUT2D eigenvalue weighted by Crippen LogP contribution is -2.57. The molecule has 0 radical (unpaired) electrons. The Balaban J connectivity index is 1.55. The van der Waals surface area contributed by atoms with E-state index < -0.39 is 62.6 Å². The van der Waals surface area contributed by atoms with Crippen LogP contribution in [0.2, 0.25) is 0 Å². The third-order valence-corrected chi connectivity index (χ3v) is 11.9. The summed E-state index contributed by atoms with van der Waals surface area (Å²) in [7, 11) is -4.52. The van der Waals surface area contributed by atoms with Crippen molar-refractivity contribution in [2.75, 3.05) is 39.3 Å². The van der Waals surface area contributed by atoms with Crippen LogP contribution in [0.15, 0.2) is 53.4 Å². The average molecular weight is 694 g/mol. The van der Waals surface area contributed by atoms with E-state index >= 15 is 0 Å². The molecule has 3 amide bonds. The molecule has 0 aromatic heterocycles. The van der Waals surface area contributed by atoms with E-state index in [1.807, 2.05) is 0 Å². The largest absolute Gasteiger partial charge is 0.430 e. The quantitative estimate of drug-likeness (QED) is 0.284. The molecule has 2 heterocycles. The Morgan fingerprint density at radius 3 is 1.83 bits per heavy atom. The summed E-state index contributed by atoms with van der Waals surface area (Å²) in [6.07, 6.45) is -12.5. The number of urea groups is 1. The highest BCUT2D eigenvalue weighted by atomic mass is 32.2. The van der Waals surface area contributed by atoms with E-state index in [0.29, 0.717) is 25.0 Å². The maximum atomic E-state index is 14.5. The Labute approximate surface area is 267 Å². The van der Waals surface area contributed by atoms with E-state index in [9.17, 15) is 48.7 Å². The molecule has 16 heteroatoms. The van der Waals surface area contributed by atoms with Crippen LogP contribution in [0.5, 0.6) is 0 Å². The van der Waals surface area contributed by atoms with Crippen LogP contribution in [0, 0.1) is 5.82 Å². The number of ether oxygens (including phenoxy) is 1. The molecule has 3 aliphatic rings. The smallest absolute Gasteiger partial charge is 0.351 e. The van der Waals surface area contributed by atoms with Gasteiger partial charge >= 0.3 is 18.4 Å². The predicted octanol–water partition coefficient (Wildman–Crippen LogP) is 5.76. The SMILES string of the molecule is CC(=O)N1CCN(C(=O)N2CCC(c3ccc(C(OC4CCCC4)(C(F)(F)F)C(F)(F)F)cc3)(S(=O)(=O)c3ccc(F)cc3)C2)CC1. The molecule has 0 bridgehead atoms. The summed E-state index contributed by atoms with van der Waals surface area (Å²) in [4.78, 5) is 29.1. The molecule has 2 aromatic rings. The first-order valence-corrected chi connectivity index (χ1v) is 16.6. The van der Waals surface area contributed by atoms with Crippen LogP contribution in [-0.2, 0) is 29.7 Å². The summed E-state index contributed by atoms with van der Waals surface area (Å²) in [5.41, 5.74) is -6.05. The van der Waals surface area contributed by atoms with E-state index in [1.54, 1.807) is 4.90 Å². The Morgan fingerprint density at radius 2 is 1.32 bits per heavy atom. The molecule has 0 N–H and O–H groups in total. The number of piperazine rings is 1. The van der Waals surface area contributed by atoms with Crippen molar-refractivity contribution in [3.8, 4) is 0 Å². The number of carbonyl (C=O) groups is 2. The van der Waals surface area contributed by atoms with Gasteiger partial charge in [0.05, 0.1) is 11.0 Å². The first-order chi connectivity index (χ1) is 21.9. The van der Waals surface area contributed by atoms with Gasteiger partial charge in [0, 0.05) is 51.8 Å². The van der Waals surface area contributed by atoms with Gasteiger partial charge in [0.2, 0.25) is 5.91 Å². The van der Waals surface area contributed by atoms with Gasteiger partial charge in [-0.3, -0.25) is 4.79 Å². The summed E-state index contributed by atoms with van der Waals surface area (Å²) in [6, 6.07) is 6.30. The number of hydrogen-bond donors (Lipinski definition) is 0. The van der Waals surface area contributed by atoms with Crippen molar-refractivity contribution in [1.29, 1.82) is 0 Å². The summed E-state index contributed by atoms with van der Waals surface area (Å²) in [5.74, 6) is -0.895. The molecule has 258 valence electrons. The second kappa shape index (κ2) is 12.6. The lowest BCUT2D eigenvalue weighted by Gasteiger charge is -2.39. The van der Waals surface area contributed by atoms with Crippen molar-refractivity contribution in [3.63, 3.8) is 0 Å². The third-order valence-electron chi connectivity index (χ3n) is 9.40. The average Bonchev–Trinajstić information content (AvgIpc) is 3.70. The highest BCUT2D eigenvalue weighted by Crippen LogP contribution is 2.55. The molecule has 5 rings (SSSR count). The number of halogens is 7. The van der Waals surface area contributed by atoms with E-state index in [4.69, 9.17) is 4.74 Å². The zero-order valence-corrected chi connectivity index (χ0v) is 26.2. The van der Waals surface area contributed by atoms with Gasteiger partial charge in [-0.05, 0) is 49.1 Å². The van der Waals surface area contributed by atoms with Crippen LogP contribution in [0.3, 0.4) is 0 Å². The van der Waals surface area contributed by atoms with Crippen LogP contribution in [0.1, 0.15) is 50.2 Å². The van der Waals surface area contributed by atoms with Gasteiger partial charge in [0.25, 0.3) is 5.60 Å². The second-order valence-electron chi connectivity index (χ2n) is 12.2. The molecule has 2 aliphatic heterocycles. The number of nitrogens with zero attached hydrogens (tertiary/aromatic N) is 3. The lowest BCUT2D eigenvalue weighted by atomic mass is 9.88. The molecule has 1 unspecified atom stereocenters. The number of amides is 3. The molecular formula is C31H34F7N3O5S. The van der Waals surface area contributed by atoms with Gasteiger partial charge in [-0.1, -0.05) is 37.1 Å². The molecule has 1 aliphatic carbocycles. The normalized spacial score (nSPS) is 21.8. The maximum absolute atomic E-state index is 14.5. The molecule has 2 aromatic carbocycles. The van der Waals surface area contributed by atoms with Gasteiger partial charge < -0.3 is 19.4 Å². The number of sulfone groups is 1. The first-order valence-electron chi connectivity index (χ1n) is 15.1. The number of rotatable bonds is 6. The van der Waals surface area contributed by atoms with Crippen LogP contribution in [0.4, 0.5) is 35.5 Å². The van der Waals surface area contributed by atoms with Crippen LogP contribution >= 0.6 is 0 Å². The molecule has 8 nitrogen and oxygen atoms in total. The van der Waals surface area contributed by atoms with E-state index in [0.717, 1.165) is 36.4 Å². The van der Waals surface area contributed by atoms with Crippen molar-refractivity contribution in [2.45, 2.75) is 72.7 Å². The standard InChI is InChI=1S/C31H34F7N3O5S/c1-21(42)39-16-18-40(19-17-39)27(43)41-15-14-28(20-41,47(44,45)26-12-10-24(32)11-13-26)22-6-8-23(9-7-22)29(30(33,34)35,31(36,37)38)46-25-4-2-3-5-25/h6-13,25H,2-5,14-20H2,1H3. The zero-order chi connectivity index (χ0) is 34.4. The van der Waals surface area contributed by atoms with Crippen molar-refractivity contribution >= 4 is 21.8 Å². The minimum Gasteiger partial charge on any atom is -0.351 e. The first kappa shape index (κ1) is 34.9. The monoisotopic (exact) mass is 693 g/mol. The van der Waals surface area contributed by atoms with Gasteiger partial charge in [-0.25, -0.2) is 17.6 Å². The van der Waals surface area contributed by atoms with Gasteiger partial charge in [-0.2, -0.15) is 26.3 Å². The molecule has 3 fully saturated rings. The second-order valence-corrected chi connectivity index (χ2v) is 14.4.